The Hall–Kier alpha value is -2.06. The summed E-state index contributed by atoms with van der Waals surface area (Å²) < 4.78 is 4.84. The van der Waals surface area contributed by atoms with Crippen molar-refractivity contribution in [3.63, 3.8) is 0 Å². The molecule has 138 valence electrons. The van der Waals surface area contributed by atoms with Gasteiger partial charge in [-0.15, -0.1) is 0 Å². The molecule has 0 radical (unpaired) electrons. The van der Waals surface area contributed by atoms with Crippen molar-refractivity contribution in [3.8, 4) is 0 Å². The molecule has 0 aliphatic heterocycles. The Kier molecular flexibility index (Phi) is 14.2. The molecule has 0 bridgehead atoms. The van der Waals surface area contributed by atoms with Gasteiger partial charge >= 0.3 is 0 Å². The normalized spacial score (nSPS) is 9.16. The van der Waals surface area contributed by atoms with Crippen LogP contribution < -0.4 is 5.32 Å². The van der Waals surface area contributed by atoms with E-state index in [4.69, 9.17) is 4.74 Å². The summed E-state index contributed by atoms with van der Waals surface area (Å²) in [5, 5.41) is 3.29. The van der Waals surface area contributed by atoms with E-state index in [-0.39, 0.29) is 0 Å². The molecule has 2 heteroatoms. The van der Waals surface area contributed by atoms with Crippen molar-refractivity contribution in [3.05, 3.63) is 72.3 Å². The first kappa shape index (κ1) is 22.9. The molecule has 0 spiro atoms. The first-order valence-electron chi connectivity index (χ1n) is 9.24. The number of aryl methyl sites for hydroxylation is 1. The molecule has 0 saturated carbocycles. The molecule has 2 aromatic carbocycles. The van der Waals surface area contributed by atoms with Crippen molar-refractivity contribution in [1.29, 1.82) is 0 Å². The molecule has 0 amide bonds. The molecule has 2 rings (SSSR count). The maximum Gasteiger partial charge on any atom is 0.0462 e. The highest BCUT2D eigenvalue weighted by atomic mass is 16.5. The van der Waals surface area contributed by atoms with Crippen molar-refractivity contribution < 1.29 is 4.74 Å². The Morgan fingerprint density at radius 1 is 0.960 bits per heavy atom. The van der Waals surface area contributed by atoms with Crippen LogP contribution in [0.15, 0.2) is 61.2 Å². The van der Waals surface area contributed by atoms with Crippen LogP contribution in [0.5, 0.6) is 0 Å². The Morgan fingerprint density at radius 2 is 1.56 bits per heavy atom. The van der Waals surface area contributed by atoms with Gasteiger partial charge in [0.2, 0.25) is 0 Å². The summed E-state index contributed by atoms with van der Waals surface area (Å²) in [6.07, 6.45) is 3.80. The zero-order valence-electron chi connectivity index (χ0n) is 16.6. The molecule has 0 aliphatic carbocycles. The summed E-state index contributed by atoms with van der Waals surface area (Å²) in [7, 11) is 1.75. The van der Waals surface area contributed by atoms with Gasteiger partial charge in [-0.05, 0) is 31.0 Å². The maximum absolute atomic E-state index is 4.84. The van der Waals surface area contributed by atoms with Crippen LogP contribution in [-0.2, 0) is 4.74 Å². The fourth-order valence-corrected chi connectivity index (χ4v) is 2.02. The van der Waals surface area contributed by atoms with Gasteiger partial charge in [-0.3, -0.25) is 0 Å². The van der Waals surface area contributed by atoms with E-state index in [1.165, 1.54) is 24.8 Å². The van der Waals surface area contributed by atoms with Crippen LogP contribution in [0.1, 0.15) is 51.2 Å². The number of unbranched alkanes of at least 4 members (excludes halogenated alkanes) is 2. The highest BCUT2D eigenvalue weighted by molar-refractivity contribution is 5.75. The van der Waals surface area contributed by atoms with E-state index in [2.05, 4.69) is 50.0 Å². The Morgan fingerprint density at radius 3 is 2.08 bits per heavy atom. The minimum absolute atomic E-state index is 0.921. The van der Waals surface area contributed by atoms with Crippen LogP contribution in [0, 0.1) is 6.92 Å². The van der Waals surface area contributed by atoms with E-state index in [1.807, 2.05) is 44.2 Å². The lowest BCUT2D eigenvalue weighted by Gasteiger charge is -2.09. The van der Waals surface area contributed by atoms with Crippen LogP contribution in [-0.4, -0.2) is 13.7 Å². The lowest BCUT2D eigenvalue weighted by Crippen LogP contribution is -1.96. The summed E-state index contributed by atoms with van der Waals surface area (Å²) in [4.78, 5) is 0. The van der Waals surface area contributed by atoms with Gasteiger partial charge < -0.3 is 10.1 Å². The third-order valence-corrected chi connectivity index (χ3v) is 3.42. The molecule has 0 atom stereocenters. The number of hydrogen-bond acceptors (Lipinski definition) is 2. The third-order valence-electron chi connectivity index (χ3n) is 3.42. The van der Waals surface area contributed by atoms with Crippen molar-refractivity contribution in [2.75, 3.05) is 19.0 Å². The number of ether oxygens (including phenoxy) is 1. The summed E-state index contributed by atoms with van der Waals surface area (Å²) in [5.41, 5.74) is 4.36. The second kappa shape index (κ2) is 15.5. The molecule has 0 unspecified atom stereocenters. The number of nitrogens with one attached hydrogen (secondary N) is 1. The van der Waals surface area contributed by atoms with Gasteiger partial charge in [0.25, 0.3) is 0 Å². The van der Waals surface area contributed by atoms with Crippen molar-refractivity contribution in [1.82, 2.24) is 0 Å². The Labute approximate surface area is 154 Å². The van der Waals surface area contributed by atoms with Gasteiger partial charge in [-0.2, -0.15) is 0 Å². The summed E-state index contributed by atoms with van der Waals surface area (Å²) in [6.45, 7) is 13.2. The molecule has 2 nitrogen and oxygen atoms in total. The van der Waals surface area contributed by atoms with Crippen LogP contribution >= 0.6 is 0 Å². The van der Waals surface area contributed by atoms with Crippen molar-refractivity contribution in [2.24, 2.45) is 0 Å². The first-order valence-corrected chi connectivity index (χ1v) is 9.24. The van der Waals surface area contributed by atoms with E-state index in [0.717, 1.165) is 23.6 Å². The molecule has 0 aliphatic rings. The molecule has 25 heavy (non-hydrogen) atoms. The average molecular weight is 342 g/mol. The SMILES string of the molecule is C=C(Nc1ccc(C)cc1)c1ccccc1.CC.CCCCCOC. The number of rotatable bonds is 7. The lowest BCUT2D eigenvalue weighted by atomic mass is 10.1. The van der Waals surface area contributed by atoms with Crippen LogP contribution in [0.3, 0.4) is 0 Å². The summed E-state index contributed by atoms with van der Waals surface area (Å²) >= 11 is 0. The molecule has 2 aromatic rings. The Bertz CT molecular complexity index is 542. The fourth-order valence-electron chi connectivity index (χ4n) is 2.02. The van der Waals surface area contributed by atoms with Gasteiger partial charge in [0.15, 0.2) is 0 Å². The van der Waals surface area contributed by atoms with E-state index >= 15 is 0 Å². The standard InChI is InChI=1S/C15H15N.C6H14O.C2H6/c1-12-8-10-15(11-9-12)16-13(2)14-6-4-3-5-7-14;1-3-4-5-6-7-2;1-2/h3-11,16H,2H2,1H3;3-6H2,1-2H3;1-2H3. The quantitative estimate of drug-likeness (QED) is 0.551. The van der Waals surface area contributed by atoms with Crippen LogP contribution in [0.25, 0.3) is 5.70 Å². The highest BCUT2D eigenvalue weighted by Crippen LogP contribution is 2.16. The smallest absolute Gasteiger partial charge is 0.0462 e. The monoisotopic (exact) mass is 341 g/mol. The molecular weight excluding hydrogens is 306 g/mol. The first-order chi connectivity index (χ1) is 12.2. The van der Waals surface area contributed by atoms with Crippen LogP contribution in [0.2, 0.25) is 0 Å². The van der Waals surface area contributed by atoms with E-state index in [0.29, 0.717) is 0 Å². The Balaban J connectivity index is 0.000000544. The molecule has 1 N–H and O–H groups in total. The summed E-state index contributed by atoms with van der Waals surface area (Å²) in [5.74, 6) is 0. The minimum Gasteiger partial charge on any atom is -0.385 e. The second-order valence-corrected chi connectivity index (χ2v) is 5.54. The van der Waals surface area contributed by atoms with Crippen LogP contribution in [0.4, 0.5) is 5.69 Å². The largest absolute Gasteiger partial charge is 0.385 e. The predicted molar refractivity (Wildman–Crippen MR) is 113 cm³/mol. The molecule has 0 fully saturated rings. The van der Waals surface area contributed by atoms with Gasteiger partial charge in [-0.1, -0.05) is 88.2 Å². The summed E-state index contributed by atoms with van der Waals surface area (Å²) in [6, 6.07) is 18.4. The third kappa shape index (κ3) is 11.2. The number of benzene rings is 2. The predicted octanol–water partition coefficient (Wildman–Crippen LogP) is 6.93. The number of hydrogen-bond donors (Lipinski definition) is 1. The van der Waals surface area contributed by atoms with Crippen molar-refractivity contribution in [2.45, 2.75) is 47.0 Å². The molecule has 0 heterocycles. The average Bonchev–Trinajstić information content (AvgIpc) is 2.67. The highest BCUT2D eigenvalue weighted by Gasteiger charge is 1.97. The van der Waals surface area contributed by atoms with Gasteiger partial charge in [-0.25, -0.2) is 0 Å². The second-order valence-electron chi connectivity index (χ2n) is 5.54. The topological polar surface area (TPSA) is 21.3 Å². The van der Waals surface area contributed by atoms with Gasteiger partial charge in [0.1, 0.15) is 0 Å². The zero-order valence-corrected chi connectivity index (χ0v) is 16.6. The minimum atomic E-state index is 0.921. The molecular formula is C23H35NO. The maximum atomic E-state index is 4.84. The fraction of sp³-hybridized carbons (Fsp3) is 0.391. The van der Waals surface area contributed by atoms with Gasteiger partial charge in [0, 0.05) is 25.1 Å². The van der Waals surface area contributed by atoms with Crippen molar-refractivity contribution >= 4 is 11.4 Å². The molecule has 0 aromatic heterocycles. The van der Waals surface area contributed by atoms with Gasteiger partial charge in [0.05, 0.1) is 0 Å². The van der Waals surface area contributed by atoms with E-state index < -0.39 is 0 Å². The molecule has 0 saturated heterocycles. The number of methoxy groups -OCH3 is 1. The van der Waals surface area contributed by atoms with E-state index in [1.54, 1.807) is 7.11 Å². The zero-order chi connectivity index (χ0) is 18.9. The number of anilines is 1. The van der Waals surface area contributed by atoms with E-state index in [9.17, 15) is 0 Å². The lowest BCUT2D eigenvalue weighted by molar-refractivity contribution is 0.192.